The topological polar surface area (TPSA) is 44.6 Å². The largest absolute Gasteiger partial charge is 0.410 e. The number of anilines is 2. The highest BCUT2D eigenvalue weighted by molar-refractivity contribution is 6.35. The van der Waals surface area contributed by atoms with Crippen LogP contribution in [0, 0.1) is 12.7 Å². The average molecular weight is 355 g/mol. The van der Waals surface area contributed by atoms with Crippen molar-refractivity contribution in [2.45, 2.75) is 6.92 Å². The fourth-order valence-corrected chi connectivity index (χ4v) is 2.86. The number of hydrogen-bond donors (Lipinski definition) is 2. The molecule has 0 heterocycles. The van der Waals surface area contributed by atoms with Crippen LogP contribution in [0.25, 0.3) is 0 Å². The molecule has 0 saturated carbocycles. The van der Waals surface area contributed by atoms with Crippen LogP contribution in [-0.4, -0.2) is 10.9 Å². The minimum Gasteiger partial charge on any atom is -0.410 e. The van der Waals surface area contributed by atoms with Crippen LogP contribution < -0.4 is 5.32 Å². The number of oxime groups is 1. The SMILES string of the molecule is Cc1ccccc1C(=NO)c1ccc(Nc2ccccc2F)cc1Cl. The molecule has 25 heavy (non-hydrogen) atoms. The summed E-state index contributed by atoms with van der Waals surface area (Å²) in [5, 5.41) is 16.3. The monoisotopic (exact) mass is 354 g/mol. The molecule has 0 aliphatic heterocycles. The van der Waals surface area contributed by atoms with E-state index in [2.05, 4.69) is 10.5 Å². The molecule has 3 aromatic carbocycles. The molecular weight excluding hydrogens is 339 g/mol. The van der Waals surface area contributed by atoms with Gasteiger partial charge in [0.25, 0.3) is 0 Å². The summed E-state index contributed by atoms with van der Waals surface area (Å²) in [6, 6.07) is 19.2. The summed E-state index contributed by atoms with van der Waals surface area (Å²) in [5.74, 6) is -0.347. The lowest BCUT2D eigenvalue weighted by molar-refractivity contribution is 0.319. The van der Waals surface area contributed by atoms with Gasteiger partial charge in [-0.15, -0.1) is 0 Å². The van der Waals surface area contributed by atoms with Gasteiger partial charge in [-0.3, -0.25) is 0 Å². The van der Waals surface area contributed by atoms with Crippen molar-refractivity contribution in [3.63, 3.8) is 0 Å². The number of benzene rings is 3. The Balaban J connectivity index is 1.94. The number of hydrogen-bond acceptors (Lipinski definition) is 3. The molecule has 0 saturated heterocycles. The Morgan fingerprint density at radius 1 is 1.00 bits per heavy atom. The molecule has 0 aliphatic rings. The molecule has 0 amide bonds. The average Bonchev–Trinajstić information content (AvgIpc) is 2.61. The second kappa shape index (κ2) is 7.36. The van der Waals surface area contributed by atoms with Crippen LogP contribution >= 0.6 is 11.6 Å². The molecule has 0 bridgehead atoms. The number of halogens is 2. The Kier molecular flexibility index (Phi) is 5.00. The van der Waals surface area contributed by atoms with Crippen molar-refractivity contribution in [3.8, 4) is 0 Å². The molecule has 0 atom stereocenters. The van der Waals surface area contributed by atoms with Gasteiger partial charge >= 0.3 is 0 Å². The maximum atomic E-state index is 13.8. The second-order valence-corrected chi connectivity index (χ2v) is 5.97. The van der Waals surface area contributed by atoms with Crippen LogP contribution in [0.2, 0.25) is 5.02 Å². The number of nitrogens with one attached hydrogen (secondary N) is 1. The molecule has 5 heteroatoms. The molecule has 126 valence electrons. The predicted octanol–water partition coefficient (Wildman–Crippen LogP) is 5.76. The highest BCUT2D eigenvalue weighted by Gasteiger charge is 2.14. The van der Waals surface area contributed by atoms with Crippen molar-refractivity contribution >= 4 is 28.7 Å². The highest BCUT2D eigenvalue weighted by Crippen LogP contribution is 2.27. The maximum Gasteiger partial charge on any atom is 0.146 e. The minimum atomic E-state index is -0.347. The number of nitrogens with zero attached hydrogens (tertiary/aromatic N) is 1. The number of para-hydroxylation sites is 1. The summed E-state index contributed by atoms with van der Waals surface area (Å²) in [5.41, 5.74) is 3.75. The van der Waals surface area contributed by atoms with Crippen LogP contribution in [0.1, 0.15) is 16.7 Å². The summed E-state index contributed by atoms with van der Waals surface area (Å²) in [4.78, 5) is 0. The first kappa shape index (κ1) is 17.0. The molecule has 0 radical (unpaired) electrons. The van der Waals surface area contributed by atoms with Crippen molar-refractivity contribution in [2.24, 2.45) is 5.16 Å². The first-order valence-corrected chi connectivity index (χ1v) is 8.07. The van der Waals surface area contributed by atoms with E-state index in [-0.39, 0.29) is 5.82 Å². The van der Waals surface area contributed by atoms with Crippen LogP contribution in [0.5, 0.6) is 0 Å². The normalized spacial score (nSPS) is 11.4. The fourth-order valence-electron chi connectivity index (χ4n) is 2.59. The quantitative estimate of drug-likeness (QED) is 0.355. The highest BCUT2D eigenvalue weighted by atomic mass is 35.5. The van der Waals surface area contributed by atoms with Crippen LogP contribution in [0.15, 0.2) is 71.9 Å². The van der Waals surface area contributed by atoms with E-state index in [4.69, 9.17) is 11.6 Å². The van der Waals surface area contributed by atoms with E-state index in [1.807, 2.05) is 31.2 Å². The lowest BCUT2D eigenvalue weighted by Gasteiger charge is -2.12. The number of rotatable bonds is 4. The Morgan fingerprint density at radius 3 is 2.40 bits per heavy atom. The molecule has 2 N–H and O–H groups in total. The third-order valence-electron chi connectivity index (χ3n) is 3.88. The summed E-state index contributed by atoms with van der Waals surface area (Å²) in [6.45, 7) is 1.93. The lowest BCUT2D eigenvalue weighted by Crippen LogP contribution is -2.06. The summed E-state index contributed by atoms with van der Waals surface area (Å²) in [7, 11) is 0. The van der Waals surface area contributed by atoms with E-state index in [1.165, 1.54) is 6.07 Å². The molecule has 3 rings (SSSR count). The third kappa shape index (κ3) is 3.64. The van der Waals surface area contributed by atoms with Gasteiger partial charge in [-0.2, -0.15) is 0 Å². The Bertz CT molecular complexity index is 940. The Morgan fingerprint density at radius 2 is 1.72 bits per heavy atom. The van der Waals surface area contributed by atoms with Crippen molar-refractivity contribution < 1.29 is 9.60 Å². The van der Waals surface area contributed by atoms with E-state index in [1.54, 1.807) is 36.4 Å². The van der Waals surface area contributed by atoms with Gasteiger partial charge in [0, 0.05) is 16.8 Å². The van der Waals surface area contributed by atoms with Crippen molar-refractivity contribution in [3.05, 3.63) is 94.3 Å². The molecule has 0 aliphatic carbocycles. The zero-order chi connectivity index (χ0) is 17.8. The molecule has 0 aromatic heterocycles. The minimum absolute atomic E-state index is 0.347. The van der Waals surface area contributed by atoms with E-state index >= 15 is 0 Å². The zero-order valence-corrected chi connectivity index (χ0v) is 14.3. The molecule has 0 spiro atoms. The lowest BCUT2D eigenvalue weighted by atomic mass is 9.98. The van der Waals surface area contributed by atoms with Crippen molar-refractivity contribution in [1.29, 1.82) is 0 Å². The molecule has 3 nitrogen and oxygen atoms in total. The van der Waals surface area contributed by atoms with Gasteiger partial charge in [0.1, 0.15) is 11.5 Å². The Hall–Kier alpha value is -2.85. The van der Waals surface area contributed by atoms with E-state index < -0.39 is 0 Å². The fraction of sp³-hybridized carbons (Fsp3) is 0.0500. The first-order chi connectivity index (χ1) is 12.1. The second-order valence-electron chi connectivity index (χ2n) is 5.56. The van der Waals surface area contributed by atoms with Crippen LogP contribution in [0.4, 0.5) is 15.8 Å². The maximum absolute atomic E-state index is 13.8. The van der Waals surface area contributed by atoms with Crippen molar-refractivity contribution in [2.75, 3.05) is 5.32 Å². The molecule has 0 fully saturated rings. The van der Waals surface area contributed by atoms with Gasteiger partial charge in [-0.25, -0.2) is 4.39 Å². The molecular formula is C20H16ClFN2O. The summed E-state index contributed by atoms with van der Waals surface area (Å²) < 4.78 is 13.8. The van der Waals surface area contributed by atoms with Crippen LogP contribution in [0.3, 0.4) is 0 Å². The van der Waals surface area contributed by atoms with E-state index in [0.29, 0.717) is 27.7 Å². The third-order valence-corrected chi connectivity index (χ3v) is 4.19. The zero-order valence-electron chi connectivity index (χ0n) is 13.5. The molecule has 3 aromatic rings. The van der Waals surface area contributed by atoms with Gasteiger partial charge in [-0.1, -0.05) is 53.2 Å². The van der Waals surface area contributed by atoms with Gasteiger partial charge in [0.15, 0.2) is 0 Å². The van der Waals surface area contributed by atoms with Crippen molar-refractivity contribution in [1.82, 2.24) is 0 Å². The molecule has 0 unspecified atom stereocenters. The van der Waals surface area contributed by atoms with Gasteiger partial charge < -0.3 is 10.5 Å². The van der Waals surface area contributed by atoms with E-state index in [0.717, 1.165) is 11.1 Å². The summed E-state index contributed by atoms with van der Waals surface area (Å²) in [6.07, 6.45) is 0. The van der Waals surface area contributed by atoms with Gasteiger partial charge in [0.05, 0.1) is 10.7 Å². The first-order valence-electron chi connectivity index (χ1n) is 7.69. The van der Waals surface area contributed by atoms with Crippen LogP contribution in [-0.2, 0) is 0 Å². The summed E-state index contributed by atoms with van der Waals surface area (Å²) >= 11 is 6.39. The number of aryl methyl sites for hydroxylation is 1. The van der Waals surface area contributed by atoms with Gasteiger partial charge in [0.2, 0.25) is 0 Å². The van der Waals surface area contributed by atoms with E-state index in [9.17, 15) is 9.60 Å². The predicted molar refractivity (Wildman–Crippen MR) is 99.7 cm³/mol. The standard InChI is InChI=1S/C20H16ClFN2O/c1-13-6-2-3-7-15(13)20(24-25)16-11-10-14(12-17(16)21)23-19-9-5-4-8-18(19)22/h2-12,23,25H,1H3. The van der Waals surface area contributed by atoms with Gasteiger partial charge in [-0.05, 0) is 42.8 Å². The Labute approximate surface area is 150 Å². The smallest absolute Gasteiger partial charge is 0.146 e.